The highest BCUT2D eigenvalue weighted by atomic mass is 19.4. The fourth-order valence-electron chi connectivity index (χ4n) is 5.22. The van der Waals surface area contributed by atoms with Crippen LogP contribution in [-0.4, -0.2) is 18.5 Å². The largest absolute Gasteiger partial charge is 0.465 e. The van der Waals surface area contributed by atoms with Crippen molar-refractivity contribution in [3.8, 4) is 5.75 Å². The second-order valence-electron chi connectivity index (χ2n) is 11.4. The number of alkyl halides is 3. The molecule has 0 N–H and O–H groups in total. The van der Waals surface area contributed by atoms with Gasteiger partial charge in [0.25, 0.3) is 0 Å². The van der Waals surface area contributed by atoms with Gasteiger partial charge in [-0.25, -0.2) is 4.39 Å². The molecule has 0 aliphatic heterocycles. The van der Waals surface area contributed by atoms with Crippen LogP contribution in [0.3, 0.4) is 0 Å². The Labute approximate surface area is 251 Å². The minimum absolute atomic E-state index is 0.0148. The number of carbonyl (C=O) groups excluding carboxylic acids is 2. The Morgan fingerprint density at radius 2 is 1.07 bits per heavy atom. The van der Waals surface area contributed by atoms with Gasteiger partial charge in [0.05, 0.1) is 12.2 Å². The number of ether oxygens (including phenoxy) is 2. The van der Waals surface area contributed by atoms with Crippen LogP contribution in [0.5, 0.6) is 5.75 Å². The van der Waals surface area contributed by atoms with Crippen molar-refractivity contribution in [2.45, 2.75) is 155 Å². The molecule has 0 saturated carbocycles. The van der Waals surface area contributed by atoms with E-state index < -0.39 is 40.7 Å². The molecule has 0 radical (unpaired) electrons. The van der Waals surface area contributed by atoms with Crippen molar-refractivity contribution in [3.63, 3.8) is 0 Å². The van der Waals surface area contributed by atoms with Gasteiger partial charge in [0, 0.05) is 0 Å². The summed E-state index contributed by atoms with van der Waals surface area (Å²) in [6, 6.07) is 2.44. The van der Waals surface area contributed by atoms with Gasteiger partial charge in [-0.1, -0.05) is 136 Å². The van der Waals surface area contributed by atoms with E-state index in [1.54, 1.807) is 13.8 Å². The van der Waals surface area contributed by atoms with Crippen LogP contribution in [-0.2, 0) is 20.5 Å². The third-order valence-corrected chi connectivity index (χ3v) is 8.19. The van der Waals surface area contributed by atoms with Crippen molar-refractivity contribution in [2.24, 2.45) is 5.41 Å². The molecule has 0 saturated heterocycles. The standard InChI is InChI=1S/C34H54F4O4/c1-4-7-8-9-10-11-12-13-14-15-16-17-18-19-20-21-22-23-27-41-31(39)33(5-2,6-3)32(40)42-29-26-24-25-28(30(29)35)34(36,37)38/h24-26H,4-23,27H2,1-3H3. The number of halogens is 4. The maximum Gasteiger partial charge on any atom is 0.419 e. The van der Waals surface area contributed by atoms with Crippen LogP contribution in [0.15, 0.2) is 18.2 Å². The number of hydrogen-bond acceptors (Lipinski definition) is 4. The van der Waals surface area contributed by atoms with Crippen molar-refractivity contribution < 1.29 is 36.6 Å². The Hall–Kier alpha value is -2.12. The predicted molar refractivity (Wildman–Crippen MR) is 160 cm³/mol. The first-order valence-electron chi connectivity index (χ1n) is 16.4. The number of carbonyl (C=O) groups is 2. The number of benzene rings is 1. The number of unbranched alkanes of at least 4 members (excludes halogenated alkanes) is 17. The zero-order chi connectivity index (χ0) is 31.3. The summed E-state index contributed by atoms with van der Waals surface area (Å²) in [5.74, 6) is -4.46. The highest BCUT2D eigenvalue weighted by Crippen LogP contribution is 2.37. The van der Waals surface area contributed by atoms with Gasteiger partial charge in [-0.2, -0.15) is 13.2 Å². The minimum Gasteiger partial charge on any atom is -0.465 e. The van der Waals surface area contributed by atoms with E-state index in [0.29, 0.717) is 12.5 Å². The molecule has 1 rings (SSSR count). The molecule has 0 amide bonds. The van der Waals surface area contributed by atoms with Gasteiger partial charge in [0.1, 0.15) is 0 Å². The van der Waals surface area contributed by atoms with Crippen LogP contribution in [0.2, 0.25) is 0 Å². The lowest BCUT2D eigenvalue weighted by Gasteiger charge is -2.27. The molecule has 0 fully saturated rings. The van der Waals surface area contributed by atoms with Gasteiger partial charge in [-0.05, 0) is 31.4 Å². The lowest BCUT2D eigenvalue weighted by molar-refractivity contribution is -0.168. The zero-order valence-electron chi connectivity index (χ0n) is 26.2. The van der Waals surface area contributed by atoms with E-state index in [9.17, 15) is 27.2 Å². The number of rotatable bonds is 24. The Balaban J connectivity index is 2.22. The van der Waals surface area contributed by atoms with E-state index in [0.717, 1.165) is 31.4 Å². The van der Waals surface area contributed by atoms with Crippen LogP contribution in [0.4, 0.5) is 17.6 Å². The third-order valence-electron chi connectivity index (χ3n) is 8.19. The molecule has 242 valence electrons. The van der Waals surface area contributed by atoms with Crippen molar-refractivity contribution >= 4 is 11.9 Å². The van der Waals surface area contributed by atoms with Gasteiger partial charge in [0.15, 0.2) is 17.0 Å². The SMILES string of the molecule is CCCCCCCCCCCCCCCCCCCCOC(=O)C(CC)(CC)C(=O)Oc1cccc(C(F)(F)F)c1F. The monoisotopic (exact) mass is 602 g/mol. The molecule has 0 heterocycles. The predicted octanol–water partition coefficient (Wildman–Crippen LogP) is 11.1. The van der Waals surface area contributed by atoms with Crippen molar-refractivity contribution in [1.29, 1.82) is 0 Å². The Bertz CT molecular complexity index is 881. The third kappa shape index (κ3) is 13.9. The molecular formula is C34H54F4O4. The van der Waals surface area contributed by atoms with E-state index in [-0.39, 0.29) is 19.4 Å². The highest BCUT2D eigenvalue weighted by molar-refractivity contribution is 6.00. The molecule has 0 aromatic heterocycles. The first-order chi connectivity index (χ1) is 20.1. The molecule has 8 heteroatoms. The molecule has 1 aromatic rings. The summed E-state index contributed by atoms with van der Waals surface area (Å²) in [6.45, 7) is 5.57. The minimum atomic E-state index is -4.94. The average Bonchev–Trinajstić information content (AvgIpc) is 2.95. The number of hydrogen-bond donors (Lipinski definition) is 0. The molecule has 42 heavy (non-hydrogen) atoms. The van der Waals surface area contributed by atoms with Crippen molar-refractivity contribution in [2.75, 3.05) is 6.61 Å². The molecule has 0 spiro atoms. The molecule has 0 bridgehead atoms. The molecule has 1 aromatic carbocycles. The van der Waals surface area contributed by atoms with Crippen LogP contribution in [0.25, 0.3) is 0 Å². The average molecular weight is 603 g/mol. The van der Waals surface area contributed by atoms with E-state index in [2.05, 4.69) is 6.92 Å². The summed E-state index contributed by atoms with van der Waals surface area (Å²) in [5, 5.41) is 0. The van der Waals surface area contributed by atoms with Crippen molar-refractivity contribution in [3.05, 3.63) is 29.6 Å². The second-order valence-corrected chi connectivity index (χ2v) is 11.4. The van der Waals surface area contributed by atoms with Gasteiger partial charge in [-0.3, -0.25) is 9.59 Å². The maximum atomic E-state index is 14.4. The quantitative estimate of drug-likeness (QED) is 0.0388. The van der Waals surface area contributed by atoms with Gasteiger partial charge >= 0.3 is 18.1 Å². The second kappa shape index (κ2) is 21.6. The maximum absolute atomic E-state index is 14.4. The summed E-state index contributed by atoms with van der Waals surface area (Å²) < 4.78 is 63.8. The van der Waals surface area contributed by atoms with E-state index >= 15 is 0 Å². The zero-order valence-corrected chi connectivity index (χ0v) is 26.2. The molecule has 4 nitrogen and oxygen atoms in total. The van der Waals surface area contributed by atoms with Crippen LogP contribution < -0.4 is 4.74 Å². The lowest BCUT2D eigenvalue weighted by Crippen LogP contribution is -2.42. The van der Waals surface area contributed by atoms with Gasteiger partial charge in [0.2, 0.25) is 0 Å². The summed E-state index contributed by atoms with van der Waals surface area (Å²) >= 11 is 0. The first kappa shape index (κ1) is 37.9. The summed E-state index contributed by atoms with van der Waals surface area (Å²) in [5.41, 5.74) is -3.25. The number of esters is 2. The summed E-state index contributed by atoms with van der Waals surface area (Å²) in [7, 11) is 0. The smallest absolute Gasteiger partial charge is 0.419 e. The molecule has 0 atom stereocenters. The normalized spacial score (nSPS) is 12.0. The fraction of sp³-hybridized carbons (Fsp3) is 0.765. The van der Waals surface area contributed by atoms with Crippen LogP contribution in [0.1, 0.15) is 155 Å². The Morgan fingerprint density at radius 1 is 0.643 bits per heavy atom. The van der Waals surface area contributed by atoms with E-state index in [4.69, 9.17) is 9.47 Å². The molecule has 0 unspecified atom stereocenters. The van der Waals surface area contributed by atoms with E-state index in [1.807, 2.05) is 0 Å². The fourth-order valence-corrected chi connectivity index (χ4v) is 5.22. The van der Waals surface area contributed by atoms with Gasteiger partial charge < -0.3 is 9.47 Å². The van der Waals surface area contributed by atoms with Crippen LogP contribution >= 0.6 is 0 Å². The van der Waals surface area contributed by atoms with Gasteiger partial charge in [-0.15, -0.1) is 0 Å². The van der Waals surface area contributed by atoms with Crippen molar-refractivity contribution in [1.82, 2.24) is 0 Å². The van der Waals surface area contributed by atoms with E-state index in [1.165, 1.54) is 89.9 Å². The molecule has 0 aliphatic carbocycles. The summed E-state index contributed by atoms with van der Waals surface area (Å²) in [6.07, 6.45) is 17.5. The summed E-state index contributed by atoms with van der Waals surface area (Å²) in [4.78, 5) is 25.7. The molecular weight excluding hydrogens is 548 g/mol. The van der Waals surface area contributed by atoms with Crippen LogP contribution in [0, 0.1) is 11.2 Å². The Morgan fingerprint density at radius 3 is 1.48 bits per heavy atom. The first-order valence-corrected chi connectivity index (χ1v) is 16.4. The Kier molecular flexibility index (Phi) is 19.4. The topological polar surface area (TPSA) is 52.6 Å². The molecule has 0 aliphatic rings. The highest BCUT2D eigenvalue weighted by Gasteiger charge is 2.47. The lowest BCUT2D eigenvalue weighted by atomic mass is 9.82.